The van der Waals surface area contributed by atoms with Crippen molar-refractivity contribution in [3.8, 4) is 5.75 Å². The van der Waals surface area contributed by atoms with Gasteiger partial charge < -0.3 is 15.4 Å². The molecule has 0 amide bonds. The van der Waals surface area contributed by atoms with E-state index in [1.165, 1.54) is 0 Å². The monoisotopic (exact) mass is 280 g/mol. The van der Waals surface area contributed by atoms with Gasteiger partial charge in [0.15, 0.2) is 5.75 Å². The number of thiophene rings is 1. The first-order valence-electron chi connectivity index (χ1n) is 6.15. The molecule has 0 fully saturated rings. The Hall–Kier alpha value is -1.37. The van der Waals surface area contributed by atoms with Crippen molar-refractivity contribution in [1.82, 2.24) is 14.7 Å². The third kappa shape index (κ3) is 3.15. The molecule has 0 aliphatic carbocycles. The zero-order valence-corrected chi connectivity index (χ0v) is 12.4. The summed E-state index contributed by atoms with van der Waals surface area (Å²) in [7, 11) is 5.73. The fourth-order valence-corrected chi connectivity index (χ4v) is 2.63. The third-order valence-electron chi connectivity index (χ3n) is 3.02. The van der Waals surface area contributed by atoms with Gasteiger partial charge in [0.2, 0.25) is 0 Å². The minimum absolute atomic E-state index is 0.203. The number of hydrogen-bond acceptors (Lipinski definition) is 5. The van der Waals surface area contributed by atoms with Crippen LogP contribution in [0.25, 0.3) is 0 Å². The maximum Gasteiger partial charge on any atom is 0.161 e. The quantitative estimate of drug-likeness (QED) is 0.872. The zero-order chi connectivity index (χ0) is 13.8. The molecular weight excluding hydrogens is 260 g/mol. The van der Waals surface area contributed by atoms with Crippen LogP contribution in [0.1, 0.15) is 17.3 Å². The average Bonchev–Trinajstić information content (AvgIpc) is 3.04. The second-order valence-electron chi connectivity index (χ2n) is 4.66. The van der Waals surface area contributed by atoms with E-state index in [9.17, 15) is 0 Å². The van der Waals surface area contributed by atoms with E-state index >= 15 is 0 Å². The smallest absolute Gasteiger partial charge is 0.161 e. The van der Waals surface area contributed by atoms with E-state index in [-0.39, 0.29) is 6.04 Å². The maximum absolute atomic E-state index is 6.34. The van der Waals surface area contributed by atoms with Crippen molar-refractivity contribution >= 4 is 11.3 Å². The van der Waals surface area contributed by atoms with Crippen LogP contribution < -0.4 is 10.5 Å². The van der Waals surface area contributed by atoms with Crippen LogP contribution in [0.2, 0.25) is 0 Å². The van der Waals surface area contributed by atoms with Crippen LogP contribution in [0.15, 0.2) is 23.0 Å². The molecular formula is C13H20N4OS. The number of ether oxygens (including phenoxy) is 1. The van der Waals surface area contributed by atoms with Gasteiger partial charge in [0, 0.05) is 6.54 Å². The van der Waals surface area contributed by atoms with E-state index in [1.807, 2.05) is 30.2 Å². The van der Waals surface area contributed by atoms with Crippen LogP contribution >= 0.6 is 11.3 Å². The Morgan fingerprint density at radius 2 is 2.32 bits per heavy atom. The molecule has 0 saturated carbocycles. The van der Waals surface area contributed by atoms with Gasteiger partial charge >= 0.3 is 0 Å². The van der Waals surface area contributed by atoms with E-state index in [0.717, 1.165) is 30.1 Å². The second kappa shape index (κ2) is 6.18. The van der Waals surface area contributed by atoms with Crippen molar-refractivity contribution in [1.29, 1.82) is 0 Å². The van der Waals surface area contributed by atoms with E-state index in [0.29, 0.717) is 0 Å². The summed E-state index contributed by atoms with van der Waals surface area (Å²) < 4.78 is 7.31. The predicted octanol–water partition coefficient (Wildman–Crippen LogP) is 1.56. The summed E-state index contributed by atoms with van der Waals surface area (Å²) in [5, 5.41) is 8.47. The molecule has 1 atom stereocenters. The summed E-state index contributed by atoms with van der Waals surface area (Å²) in [5.41, 5.74) is 8.37. The number of nitrogens with two attached hydrogens (primary N) is 1. The maximum atomic E-state index is 6.34. The van der Waals surface area contributed by atoms with E-state index in [2.05, 4.69) is 15.4 Å². The molecule has 2 heterocycles. The molecule has 0 saturated heterocycles. The van der Waals surface area contributed by atoms with Crippen LogP contribution in [0.5, 0.6) is 5.75 Å². The number of likely N-dealkylation sites (N-methyl/N-ethyl adjacent to an activating group) is 1. The first-order chi connectivity index (χ1) is 9.13. The third-order valence-corrected chi connectivity index (χ3v) is 3.72. The van der Waals surface area contributed by atoms with Crippen molar-refractivity contribution in [2.75, 3.05) is 27.7 Å². The SMILES string of the molecule is COc1cnn(CCN(C)C)c1C(N)c1ccsc1. The fraction of sp³-hybridized carbons (Fsp3) is 0.462. The number of rotatable bonds is 6. The van der Waals surface area contributed by atoms with Gasteiger partial charge in [0.05, 0.1) is 25.9 Å². The Kier molecular flexibility index (Phi) is 4.57. The van der Waals surface area contributed by atoms with E-state index in [4.69, 9.17) is 10.5 Å². The zero-order valence-electron chi connectivity index (χ0n) is 11.5. The highest BCUT2D eigenvalue weighted by molar-refractivity contribution is 7.08. The van der Waals surface area contributed by atoms with Crippen molar-refractivity contribution in [3.05, 3.63) is 34.3 Å². The molecule has 104 valence electrons. The summed E-state index contributed by atoms with van der Waals surface area (Å²) >= 11 is 1.64. The van der Waals surface area contributed by atoms with Crippen molar-refractivity contribution < 1.29 is 4.74 Å². The Labute approximate surface area is 117 Å². The Bertz CT molecular complexity index is 507. The summed E-state index contributed by atoms with van der Waals surface area (Å²) in [6.07, 6.45) is 1.73. The van der Waals surface area contributed by atoms with Crippen molar-refractivity contribution in [2.45, 2.75) is 12.6 Å². The molecule has 0 bridgehead atoms. The van der Waals surface area contributed by atoms with Gasteiger partial charge in [-0.1, -0.05) is 0 Å². The minimum Gasteiger partial charge on any atom is -0.493 e. The van der Waals surface area contributed by atoms with Gasteiger partial charge in [-0.3, -0.25) is 4.68 Å². The lowest BCUT2D eigenvalue weighted by atomic mass is 10.1. The lowest BCUT2D eigenvalue weighted by Gasteiger charge is -2.16. The Morgan fingerprint density at radius 3 is 2.89 bits per heavy atom. The molecule has 6 heteroatoms. The summed E-state index contributed by atoms with van der Waals surface area (Å²) in [5.74, 6) is 0.748. The fourth-order valence-electron chi connectivity index (χ4n) is 1.93. The van der Waals surface area contributed by atoms with Gasteiger partial charge in [0.1, 0.15) is 5.69 Å². The van der Waals surface area contributed by atoms with Gasteiger partial charge in [-0.15, -0.1) is 0 Å². The molecule has 5 nitrogen and oxygen atoms in total. The highest BCUT2D eigenvalue weighted by Crippen LogP contribution is 2.29. The number of hydrogen-bond donors (Lipinski definition) is 1. The molecule has 0 aliphatic rings. The van der Waals surface area contributed by atoms with Crippen LogP contribution in [-0.2, 0) is 6.54 Å². The molecule has 0 radical (unpaired) electrons. The van der Waals surface area contributed by atoms with Crippen molar-refractivity contribution in [2.24, 2.45) is 5.73 Å². The molecule has 2 aromatic heterocycles. The van der Waals surface area contributed by atoms with Gasteiger partial charge in [0.25, 0.3) is 0 Å². The molecule has 0 spiro atoms. The standard InChI is InChI=1S/C13H20N4OS/c1-16(2)5-6-17-13(11(18-3)8-15-17)12(14)10-4-7-19-9-10/h4,7-9,12H,5-6,14H2,1-3H3. The molecule has 1 unspecified atom stereocenters. The van der Waals surface area contributed by atoms with Crippen molar-refractivity contribution in [3.63, 3.8) is 0 Å². The number of methoxy groups -OCH3 is 1. The van der Waals surface area contributed by atoms with Gasteiger partial charge in [-0.25, -0.2) is 0 Å². The molecule has 2 N–H and O–H groups in total. The second-order valence-corrected chi connectivity index (χ2v) is 5.44. The summed E-state index contributed by atoms with van der Waals surface area (Å²) in [6, 6.07) is 1.84. The number of aromatic nitrogens is 2. The first-order valence-corrected chi connectivity index (χ1v) is 7.10. The highest BCUT2D eigenvalue weighted by Gasteiger charge is 2.20. The van der Waals surface area contributed by atoms with Crippen LogP contribution in [-0.4, -0.2) is 42.4 Å². The van der Waals surface area contributed by atoms with E-state index in [1.54, 1.807) is 24.6 Å². The van der Waals surface area contributed by atoms with Crippen LogP contribution in [0, 0.1) is 0 Å². The summed E-state index contributed by atoms with van der Waals surface area (Å²) in [6.45, 7) is 1.71. The largest absolute Gasteiger partial charge is 0.493 e. The highest BCUT2D eigenvalue weighted by atomic mass is 32.1. The first kappa shape index (κ1) is 14.0. The van der Waals surface area contributed by atoms with Gasteiger partial charge in [-0.2, -0.15) is 16.4 Å². The molecule has 2 aromatic rings. The molecule has 2 rings (SSSR count). The van der Waals surface area contributed by atoms with Gasteiger partial charge in [-0.05, 0) is 36.5 Å². The minimum atomic E-state index is -0.203. The average molecular weight is 280 g/mol. The lowest BCUT2D eigenvalue weighted by Crippen LogP contribution is -2.23. The van der Waals surface area contributed by atoms with E-state index < -0.39 is 0 Å². The van der Waals surface area contributed by atoms with Crippen LogP contribution in [0.3, 0.4) is 0 Å². The predicted molar refractivity (Wildman–Crippen MR) is 77.7 cm³/mol. The van der Waals surface area contributed by atoms with Crippen LogP contribution in [0.4, 0.5) is 0 Å². The Morgan fingerprint density at radius 1 is 1.53 bits per heavy atom. The number of nitrogens with zero attached hydrogens (tertiary/aromatic N) is 3. The molecule has 19 heavy (non-hydrogen) atoms. The molecule has 0 aliphatic heterocycles. The summed E-state index contributed by atoms with van der Waals surface area (Å²) in [4.78, 5) is 2.12. The lowest BCUT2D eigenvalue weighted by molar-refractivity contribution is 0.363. The molecule has 0 aromatic carbocycles. The Balaban J connectivity index is 2.28. The topological polar surface area (TPSA) is 56.3 Å². The normalized spacial score (nSPS) is 12.9.